The van der Waals surface area contributed by atoms with Crippen LogP contribution in [0.1, 0.15) is 42.1 Å². The molecule has 1 atom stereocenters. The van der Waals surface area contributed by atoms with Gasteiger partial charge in [-0.15, -0.1) is 0 Å². The highest BCUT2D eigenvalue weighted by molar-refractivity contribution is 6.33. The van der Waals surface area contributed by atoms with Crippen LogP contribution in [-0.4, -0.2) is 44.7 Å². The summed E-state index contributed by atoms with van der Waals surface area (Å²) >= 11 is 6.28. The number of likely N-dealkylation sites (tertiary alicyclic amines) is 1. The summed E-state index contributed by atoms with van der Waals surface area (Å²) in [6.07, 6.45) is 0.771. The smallest absolute Gasteiger partial charge is 0.274 e. The maximum Gasteiger partial charge on any atom is 0.274 e. The first-order valence-corrected chi connectivity index (χ1v) is 8.82. The number of aryl methyl sites for hydroxylation is 2. The van der Waals surface area contributed by atoms with Crippen molar-refractivity contribution in [1.82, 2.24) is 19.7 Å². The van der Waals surface area contributed by atoms with Crippen molar-refractivity contribution in [2.75, 3.05) is 13.1 Å². The Morgan fingerprint density at radius 3 is 2.68 bits per heavy atom. The fourth-order valence-electron chi connectivity index (χ4n) is 3.26. The molecule has 1 amide bonds. The van der Waals surface area contributed by atoms with E-state index in [9.17, 15) is 4.79 Å². The minimum Gasteiger partial charge on any atom is -0.337 e. The van der Waals surface area contributed by atoms with Crippen molar-refractivity contribution in [3.05, 3.63) is 40.3 Å². The molecule has 25 heavy (non-hydrogen) atoms. The Kier molecular flexibility index (Phi) is 4.60. The zero-order valence-corrected chi connectivity index (χ0v) is 15.8. The van der Waals surface area contributed by atoms with Crippen LogP contribution in [0.4, 0.5) is 0 Å². The standard InChI is InChI=1S/C18H24ClN5O/c1-11-9-12(2)24(22-11)15-6-5-13(19)16(21-15)17(25)23-8-7-14(20)18(3,4)10-23/h5-6,9,14H,7-8,10,20H2,1-4H3. The van der Waals surface area contributed by atoms with E-state index in [1.807, 2.05) is 19.9 Å². The van der Waals surface area contributed by atoms with Gasteiger partial charge in [-0.25, -0.2) is 9.67 Å². The average molecular weight is 362 g/mol. The van der Waals surface area contributed by atoms with Crippen LogP contribution >= 0.6 is 11.6 Å². The van der Waals surface area contributed by atoms with E-state index in [1.54, 1.807) is 21.7 Å². The van der Waals surface area contributed by atoms with Crippen LogP contribution in [-0.2, 0) is 0 Å². The molecule has 1 fully saturated rings. The lowest BCUT2D eigenvalue weighted by Gasteiger charge is -2.42. The molecule has 134 valence electrons. The quantitative estimate of drug-likeness (QED) is 0.892. The van der Waals surface area contributed by atoms with Gasteiger partial charge < -0.3 is 10.6 Å². The molecule has 1 aliphatic rings. The van der Waals surface area contributed by atoms with Crippen LogP contribution in [0.5, 0.6) is 0 Å². The van der Waals surface area contributed by atoms with E-state index >= 15 is 0 Å². The van der Waals surface area contributed by atoms with Crippen molar-refractivity contribution in [1.29, 1.82) is 0 Å². The Balaban J connectivity index is 1.93. The summed E-state index contributed by atoms with van der Waals surface area (Å²) in [4.78, 5) is 19.3. The van der Waals surface area contributed by atoms with Gasteiger partial charge in [0, 0.05) is 24.8 Å². The van der Waals surface area contributed by atoms with E-state index in [2.05, 4.69) is 23.9 Å². The number of aromatic nitrogens is 3. The maximum absolute atomic E-state index is 13.0. The molecule has 2 N–H and O–H groups in total. The Labute approximate surface area is 153 Å². The minimum absolute atomic E-state index is 0.0843. The number of nitrogens with two attached hydrogens (primary N) is 1. The lowest BCUT2D eigenvalue weighted by Crippen LogP contribution is -2.54. The molecule has 0 aliphatic carbocycles. The highest BCUT2D eigenvalue weighted by atomic mass is 35.5. The molecule has 0 aromatic carbocycles. The van der Waals surface area contributed by atoms with E-state index in [4.69, 9.17) is 17.3 Å². The number of carbonyl (C=O) groups is 1. The summed E-state index contributed by atoms with van der Waals surface area (Å²) in [5.41, 5.74) is 8.15. The van der Waals surface area contributed by atoms with E-state index in [1.165, 1.54) is 0 Å². The summed E-state index contributed by atoms with van der Waals surface area (Å²) in [7, 11) is 0. The number of rotatable bonds is 2. The van der Waals surface area contributed by atoms with Gasteiger partial charge in [0.05, 0.1) is 10.7 Å². The summed E-state index contributed by atoms with van der Waals surface area (Å²) in [5.74, 6) is 0.430. The zero-order valence-electron chi connectivity index (χ0n) is 15.1. The van der Waals surface area contributed by atoms with Gasteiger partial charge in [0.15, 0.2) is 5.82 Å². The molecule has 0 radical (unpaired) electrons. The first kappa shape index (κ1) is 17.9. The molecule has 3 heterocycles. The van der Waals surface area contributed by atoms with Crippen molar-refractivity contribution >= 4 is 17.5 Å². The molecule has 2 aromatic heterocycles. The number of amides is 1. The van der Waals surface area contributed by atoms with E-state index in [0.29, 0.717) is 23.9 Å². The largest absolute Gasteiger partial charge is 0.337 e. The number of hydrogen-bond donors (Lipinski definition) is 1. The number of halogens is 1. The third kappa shape index (κ3) is 3.41. The summed E-state index contributed by atoms with van der Waals surface area (Å²) in [5, 5.41) is 4.78. The highest BCUT2D eigenvalue weighted by Crippen LogP contribution is 2.29. The second-order valence-corrected chi connectivity index (χ2v) is 7.86. The van der Waals surface area contributed by atoms with Crippen molar-refractivity contribution < 1.29 is 4.79 Å². The zero-order chi connectivity index (χ0) is 18.4. The lowest BCUT2D eigenvalue weighted by atomic mass is 9.79. The van der Waals surface area contributed by atoms with Crippen molar-refractivity contribution in [2.24, 2.45) is 11.1 Å². The lowest BCUT2D eigenvalue weighted by molar-refractivity contribution is 0.0527. The second kappa shape index (κ2) is 6.42. The predicted octanol–water partition coefficient (Wildman–Crippen LogP) is 2.74. The number of carbonyl (C=O) groups excluding carboxylic acids is 1. The van der Waals surface area contributed by atoms with Crippen molar-refractivity contribution in [2.45, 2.75) is 40.2 Å². The van der Waals surface area contributed by atoms with E-state index in [-0.39, 0.29) is 23.1 Å². The van der Waals surface area contributed by atoms with E-state index < -0.39 is 0 Å². The van der Waals surface area contributed by atoms with E-state index in [0.717, 1.165) is 17.8 Å². The summed E-state index contributed by atoms with van der Waals surface area (Å²) < 4.78 is 1.72. The third-order valence-corrected chi connectivity index (χ3v) is 5.16. The topological polar surface area (TPSA) is 77.0 Å². The number of nitrogens with zero attached hydrogens (tertiary/aromatic N) is 4. The highest BCUT2D eigenvalue weighted by Gasteiger charge is 2.36. The van der Waals surface area contributed by atoms with Gasteiger partial charge in [0.2, 0.25) is 0 Å². The van der Waals surface area contributed by atoms with Gasteiger partial charge >= 0.3 is 0 Å². The van der Waals surface area contributed by atoms with Gasteiger partial charge in [-0.3, -0.25) is 4.79 Å². The Hall–Kier alpha value is -1.92. The molecule has 1 aliphatic heterocycles. The SMILES string of the molecule is Cc1cc(C)n(-c2ccc(Cl)c(C(=O)N3CCC(N)C(C)(C)C3)n2)n1. The van der Waals surface area contributed by atoms with Gasteiger partial charge in [-0.1, -0.05) is 25.4 Å². The molecule has 0 saturated carbocycles. The molecule has 6 nitrogen and oxygen atoms in total. The summed E-state index contributed by atoms with van der Waals surface area (Å²) in [6, 6.07) is 5.52. The number of piperidine rings is 1. The molecule has 2 aromatic rings. The average Bonchev–Trinajstić information content (AvgIpc) is 2.88. The van der Waals surface area contributed by atoms with Gasteiger partial charge in [-0.2, -0.15) is 5.10 Å². The maximum atomic E-state index is 13.0. The molecular formula is C18H24ClN5O. The summed E-state index contributed by atoms with van der Waals surface area (Å²) in [6.45, 7) is 9.24. The number of pyridine rings is 1. The van der Waals surface area contributed by atoms with Gasteiger partial charge in [-0.05, 0) is 43.9 Å². The molecule has 1 unspecified atom stereocenters. The minimum atomic E-state index is -0.159. The molecule has 7 heteroatoms. The third-order valence-electron chi connectivity index (χ3n) is 4.86. The van der Waals surface area contributed by atoms with Crippen LogP contribution < -0.4 is 5.73 Å². The molecule has 0 spiro atoms. The Morgan fingerprint density at radius 2 is 2.08 bits per heavy atom. The normalized spacial score (nSPS) is 19.9. The first-order chi connectivity index (χ1) is 11.7. The monoisotopic (exact) mass is 361 g/mol. The molecular weight excluding hydrogens is 338 g/mol. The molecule has 0 bridgehead atoms. The van der Waals surface area contributed by atoms with Gasteiger partial charge in [0.25, 0.3) is 5.91 Å². The van der Waals surface area contributed by atoms with Crippen molar-refractivity contribution in [3.8, 4) is 5.82 Å². The number of hydrogen-bond acceptors (Lipinski definition) is 4. The Morgan fingerprint density at radius 1 is 1.36 bits per heavy atom. The predicted molar refractivity (Wildman–Crippen MR) is 98.1 cm³/mol. The van der Waals surface area contributed by atoms with Crippen LogP contribution in [0.15, 0.2) is 18.2 Å². The van der Waals surface area contributed by atoms with Crippen LogP contribution in [0, 0.1) is 19.3 Å². The first-order valence-electron chi connectivity index (χ1n) is 8.44. The fraction of sp³-hybridized carbons (Fsp3) is 0.500. The fourth-order valence-corrected chi connectivity index (χ4v) is 3.44. The van der Waals surface area contributed by atoms with Crippen LogP contribution in [0.3, 0.4) is 0 Å². The molecule has 1 saturated heterocycles. The second-order valence-electron chi connectivity index (χ2n) is 7.45. The Bertz CT molecular complexity index is 814. The molecule has 3 rings (SSSR count). The van der Waals surface area contributed by atoms with Crippen LogP contribution in [0.2, 0.25) is 5.02 Å². The van der Waals surface area contributed by atoms with Crippen molar-refractivity contribution in [3.63, 3.8) is 0 Å². The van der Waals surface area contributed by atoms with Crippen LogP contribution in [0.25, 0.3) is 5.82 Å². The van der Waals surface area contributed by atoms with Gasteiger partial charge in [0.1, 0.15) is 5.69 Å².